The van der Waals surface area contributed by atoms with Crippen molar-refractivity contribution in [3.63, 3.8) is 0 Å². The molecule has 0 saturated heterocycles. The fourth-order valence-electron chi connectivity index (χ4n) is 1.15. The van der Waals surface area contributed by atoms with Crippen LogP contribution in [0.2, 0.25) is 0 Å². The van der Waals surface area contributed by atoms with Crippen molar-refractivity contribution in [2.75, 3.05) is 12.3 Å². The van der Waals surface area contributed by atoms with Crippen LogP contribution in [0.1, 0.15) is 12.8 Å². The van der Waals surface area contributed by atoms with Gasteiger partial charge in [0.1, 0.15) is 5.82 Å². The minimum Gasteiger partial charge on any atom is -0.490 e. The van der Waals surface area contributed by atoms with Crippen LogP contribution in [-0.4, -0.2) is 6.61 Å². The topological polar surface area (TPSA) is 35.2 Å². The molecule has 1 aromatic carbocycles. The molecule has 1 aliphatic rings. The molecule has 76 valence electrons. The molecular formula is C10H11F2NO. The molecule has 0 aliphatic heterocycles. The fraction of sp³-hybridized carbons (Fsp3) is 0.400. The Morgan fingerprint density at radius 2 is 2.00 bits per heavy atom. The van der Waals surface area contributed by atoms with Gasteiger partial charge in [-0.15, -0.1) is 0 Å². The largest absolute Gasteiger partial charge is 0.490 e. The molecule has 0 unspecified atom stereocenters. The average molecular weight is 199 g/mol. The maximum absolute atomic E-state index is 13.1. The summed E-state index contributed by atoms with van der Waals surface area (Å²) in [6.07, 6.45) is 2.22. The van der Waals surface area contributed by atoms with E-state index in [0.717, 1.165) is 25.0 Å². The maximum Gasteiger partial charge on any atom is 0.167 e. The van der Waals surface area contributed by atoms with E-state index < -0.39 is 11.6 Å². The minimum absolute atomic E-state index is 0.0522. The monoisotopic (exact) mass is 199 g/mol. The predicted molar refractivity (Wildman–Crippen MR) is 49.0 cm³/mol. The third-order valence-electron chi connectivity index (χ3n) is 2.22. The summed E-state index contributed by atoms with van der Waals surface area (Å²) in [6.45, 7) is 0.459. The van der Waals surface area contributed by atoms with Crippen molar-refractivity contribution in [2.24, 2.45) is 5.92 Å². The Kier molecular flexibility index (Phi) is 2.27. The van der Waals surface area contributed by atoms with Crippen LogP contribution >= 0.6 is 0 Å². The third kappa shape index (κ3) is 1.95. The molecule has 0 atom stereocenters. The van der Waals surface area contributed by atoms with Gasteiger partial charge in [-0.1, -0.05) is 0 Å². The maximum atomic E-state index is 13.1. The van der Waals surface area contributed by atoms with Crippen molar-refractivity contribution in [1.29, 1.82) is 0 Å². The molecule has 0 bridgehead atoms. The number of hydrogen-bond acceptors (Lipinski definition) is 2. The van der Waals surface area contributed by atoms with E-state index in [0.29, 0.717) is 12.5 Å². The van der Waals surface area contributed by atoms with Gasteiger partial charge in [-0.05, 0) is 18.8 Å². The Labute approximate surface area is 80.7 Å². The number of hydrogen-bond donors (Lipinski definition) is 1. The predicted octanol–water partition coefficient (Wildman–Crippen LogP) is 2.34. The average Bonchev–Trinajstić information content (AvgIpc) is 2.92. The normalized spacial score (nSPS) is 15.6. The first kappa shape index (κ1) is 9.24. The van der Waals surface area contributed by atoms with Gasteiger partial charge in [-0.25, -0.2) is 8.78 Å². The number of ether oxygens (including phenoxy) is 1. The van der Waals surface area contributed by atoms with Gasteiger partial charge >= 0.3 is 0 Å². The molecule has 2 N–H and O–H groups in total. The van der Waals surface area contributed by atoms with Gasteiger partial charge in [0.15, 0.2) is 11.6 Å². The van der Waals surface area contributed by atoms with Gasteiger partial charge in [0.2, 0.25) is 0 Å². The molecule has 0 spiro atoms. The molecule has 1 saturated carbocycles. The summed E-state index contributed by atoms with van der Waals surface area (Å²) >= 11 is 0. The summed E-state index contributed by atoms with van der Waals surface area (Å²) < 4.78 is 31.2. The zero-order valence-electron chi connectivity index (χ0n) is 7.59. The van der Waals surface area contributed by atoms with E-state index in [9.17, 15) is 8.78 Å². The quantitative estimate of drug-likeness (QED) is 0.758. The first-order chi connectivity index (χ1) is 6.66. The van der Waals surface area contributed by atoms with E-state index in [1.807, 2.05) is 0 Å². The number of rotatable bonds is 3. The number of halogens is 2. The fourth-order valence-corrected chi connectivity index (χ4v) is 1.15. The van der Waals surface area contributed by atoms with E-state index in [-0.39, 0.29) is 11.4 Å². The molecule has 0 aromatic heterocycles. The molecule has 0 radical (unpaired) electrons. The van der Waals surface area contributed by atoms with E-state index in [1.54, 1.807) is 0 Å². The molecule has 14 heavy (non-hydrogen) atoms. The van der Waals surface area contributed by atoms with Gasteiger partial charge in [0.05, 0.1) is 12.3 Å². The van der Waals surface area contributed by atoms with Gasteiger partial charge in [-0.3, -0.25) is 0 Å². The lowest BCUT2D eigenvalue weighted by molar-refractivity contribution is 0.284. The van der Waals surface area contributed by atoms with Crippen LogP contribution in [-0.2, 0) is 0 Å². The summed E-state index contributed by atoms with van der Waals surface area (Å²) in [5, 5.41) is 0. The third-order valence-corrected chi connectivity index (χ3v) is 2.22. The smallest absolute Gasteiger partial charge is 0.167 e. The highest BCUT2D eigenvalue weighted by atomic mass is 19.1. The highest BCUT2D eigenvalue weighted by Crippen LogP contribution is 2.30. The van der Waals surface area contributed by atoms with E-state index in [1.165, 1.54) is 0 Å². The number of nitrogens with two attached hydrogens (primary N) is 1. The summed E-state index contributed by atoms with van der Waals surface area (Å²) in [4.78, 5) is 0. The second-order valence-corrected chi connectivity index (χ2v) is 3.56. The standard InChI is InChI=1S/C10H11F2NO/c11-7-4-10(8(12)3-9(7)13)14-5-6-1-2-6/h3-4,6H,1-2,5,13H2. The lowest BCUT2D eigenvalue weighted by Gasteiger charge is -2.07. The van der Waals surface area contributed by atoms with Crippen molar-refractivity contribution in [1.82, 2.24) is 0 Å². The zero-order chi connectivity index (χ0) is 10.1. The Morgan fingerprint density at radius 3 is 2.64 bits per heavy atom. The molecule has 2 rings (SSSR count). The van der Waals surface area contributed by atoms with Crippen molar-refractivity contribution in [3.05, 3.63) is 23.8 Å². The van der Waals surface area contributed by atoms with E-state index in [2.05, 4.69) is 0 Å². The first-order valence-corrected chi connectivity index (χ1v) is 4.54. The molecule has 1 aromatic rings. The van der Waals surface area contributed by atoms with Crippen molar-refractivity contribution < 1.29 is 13.5 Å². The van der Waals surface area contributed by atoms with Crippen LogP contribution in [0.3, 0.4) is 0 Å². The van der Waals surface area contributed by atoms with E-state index in [4.69, 9.17) is 10.5 Å². The first-order valence-electron chi connectivity index (χ1n) is 4.54. The Morgan fingerprint density at radius 1 is 1.29 bits per heavy atom. The second kappa shape index (κ2) is 3.44. The van der Waals surface area contributed by atoms with Crippen molar-refractivity contribution in [2.45, 2.75) is 12.8 Å². The summed E-state index contributed by atoms with van der Waals surface area (Å²) in [6, 6.07) is 1.94. The SMILES string of the molecule is Nc1cc(F)c(OCC2CC2)cc1F. The Hall–Kier alpha value is -1.32. The summed E-state index contributed by atoms with van der Waals surface area (Å²) in [5.74, 6) is -0.791. The van der Waals surface area contributed by atoms with Crippen LogP contribution < -0.4 is 10.5 Å². The van der Waals surface area contributed by atoms with Crippen molar-refractivity contribution >= 4 is 5.69 Å². The Balaban J connectivity index is 2.10. The molecule has 0 heterocycles. The minimum atomic E-state index is -0.641. The summed E-state index contributed by atoms with van der Waals surface area (Å²) in [5.41, 5.74) is 4.99. The van der Waals surface area contributed by atoms with Crippen molar-refractivity contribution in [3.8, 4) is 5.75 Å². The highest BCUT2D eigenvalue weighted by molar-refractivity contribution is 5.44. The van der Waals surface area contributed by atoms with Crippen LogP contribution in [0.5, 0.6) is 5.75 Å². The summed E-state index contributed by atoms with van der Waals surface area (Å²) in [7, 11) is 0. The molecule has 0 amide bonds. The number of anilines is 1. The number of benzene rings is 1. The van der Waals surface area contributed by atoms with Crippen LogP contribution in [0, 0.1) is 17.6 Å². The highest BCUT2D eigenvalue weighted by Gasteiger charge is 2.22. The number of nitrogen functional groups attached to an aromatic ring is 1. The Bertz CT molecular complexity index is 350. The lowest BCUT2D eigenvalue weighted by Crippen LogP contribution is -2.02. The van der Waals surface area contributed by atoms with Gasteiger partial charge in [0.25, 0.3) is 0 Å². The van der Waals surface area contributed by atoms with E-state index >= 15 is 0 Å². The van der Waals surface area contributed by atoms with Crippen LogP contribution in [0.15, 0.2) is 12.1 Å². The molecule has 1 fully saturated rings. The molecular weight excluding hydrogens is 188 g/mol. The molecule has 4 heteroatoms. The second-order valence-electron chi connectivity index (χ2n) is 3.56. The molecule has 2 nitrogen and oxygen atoms in total. The van der Waals surface area contributed by atoms with Gasteiger partial charge in [0, 0.05) is 12.1 Å². The van der Waals surface area contributed by atoms with Crippen LogP contribution in [0.25, 0.3) is 0 Å². The lowest BCUT2D eigenvalue weighted by atomic mass is 10.3. The van der Waals surface area contributed by atoms with Gasteiger partial charge in [-0.2, -0.15) is 0 Å². The van der Waals surface area contributed by atoms with Gasteiger partial charge < -0.3 is 10.5 Å². The van der Waals surface area contributed by atoms with Crippen LogP contribution in [0.4, 0.5) is 14.5 Å². The molecule has 1 aliphatic carbocycles. The zero-order valence-corrected chi connectivity index (χ0v) is 7.59.